The van der Waals surface area contributed by atoms with E-state index < -0.39 is 0 Å². The number of aromatic nitrogens is 2. The lowest BCUT2D eigenvalue weighted by molar-refractivity contribution is 0.482. The predicted octanol–water partition coefficient (Wildman–Crippen LogP) is 1.73. The molecule has 0 aliphatic rings. The summed E-state index contributed by atoms with van der Waals surface area (Å²) in [5.74, 6) is 0. The van der Waals surface area contributed by atoms with E-state index in [1.807, 2.05) is 10.9 Å². The van der Waals surface area contributed by atoms with E-state index in [1.165, 1.54) is 5.69 Å². The van der Waals surface area contributed by atoms with Gasteiger partial charge in [0.25, 0.3) is 0 Å². The number of hydrogen-bond donors (Lipinski definition) is 1. The van der Waals surface area contributed by atoms with Crippen molar-refractivity contribution in [2.75, 3.05) is 6.54 Å². The molecule has 1 unspecified atom stereocenters. The van der Waals surface area contributed by atoms with Crippen LogP contribution in [0.2, 0.25) is 0 Å². The van der Waals surface area contributed by atoms with Crippen LogP contribution < -0.4 is 5.73 Å². The Morgan fingerprint density at radius 2 is 2.42 bits per heavy atom. The summed E-state index contributed by atoms with van der Waals surface area (Å²) >= 11 is 3.45. The molecule has 0 spiro atoms. The second-order valence-electron chi connectivity index (χ2n) is 2.82. The van der Waals surface area contributed by atoms with Crippen LogP contribution in [-0.2, 0) is 6.42 Å². The van der Waals surface area contributed by atoms with Crippen molar-refractivity contribution < 1.29 is 0 Å². The molecule has 68 valence electrons. The summed E-state index contributed by atoms with van der Waals surface area (Å²) < 4.78 is 3.05. The first-order valence-corrected chi connectivity index (χ1v) is 4.92. The maximum Gasteiger partial charge on any atom is 0.0635 e. The van der Waals surface area contributed by atoms with Crippen LogP contribution in [-0.4, -0.2) is 16.3 Å². The number of nitrogens with zero attached hydrogens (tertiary/aromatic N) is 2. The summed E-state index contributed by atoms with van der Waals surface area (Å²) in [5, 5.41) is 4.25. The van der Waals surface area contributed by atoms with Crippen LogP contribution >= 0.6 is 15.9 Å². The van der Waals surface area contributed by atoms with Crippen LogP contribution in [0.25, 0.3) is 0 Å². The van der Waals surface area contributed by atoms with Crippen molar-refractivity contribution in [1.82, 2.24) is 9.78 Å². The fraction of sp³-hybridized carbons (Fsp3) is 0.625. The molecular formula is C8H14BrN3. The highest BCUT2D eigenvalue weighted by Gasteiger charge is 2.10. The second-order valence-corrected chi connectivity index (χ2v) is 3.68. The molecule has 12 heavy (non-hydrogen) atoms. The first-order valence-electron chi connectivity index (χ1n) is 4.12. The summed E-state index contributed by atoms with van der Waals surface area (Å²) in [7, 11) is 0. The van der Waals surface area contributed by atoms with Crippen LogP contribution in [0.1, 0.15) is 25.6 Å². The van der Waals surface area contributed by atoms with E-state index in [-0.39, 0.29) is 6.04 Å². The maximum absolute atomic E-state index is 5.56. The van der Waals surface area contributed by atoms with Gasteiger partial charge in [-0.2, -0.15) is 5.10 Å². The summed E-state index contributed by atoms with van der Waals surface area (Å²) in [6.45, 7) is 4.81. The van der Waals surface area contributed by atoms with Crippen molar-refractivity contribution in [2.24, 2.45) is 5.73 Å². The van der Waals surface area contributed by atoms with E-state index in [2.05, 4.69) is 34.9 Å². The number of hydrogen-bond acceptors (Lipinski definition) is 2. The van der Waals surface area contributed by atoms with E-state index in [0.717, 1.165) is 10.9 Å². The average Bonchev–Trinajstić information content (AvgIpc) is 2.45. The van der Waals surface area contributed by atoms with Crippen molar-refractivity contribution in [3.8, 4) is 0 Å². The Morgan fingerprint density at radius 3 is 2.92 bits per heavy atom. The van der Waals surface area contributed by atoms with Gasteiger partial charge in [-0.25, -0.2) is 0 Å². The Morgan fingerprint density at radius 1 is 1.75 bits per heavy atom. The Kier molecular flexibility index (Phi) is 3.29. The molecule has 1 aromatic heterocycles. The van der Waals surface area contributed by atoms with Gasteiger partial charge in [0, 0.05) is 6.54 Å². The minimum absolute atomic E-state index is 0.284. The summed E-state index contributed by atoms with van der Waals surface area (Å²) in [6.07, 6.45) is 2.80. The lowest BCUT2D eigenvalue weighted by Gasteiger charge is -2.12. The van der Waals surface area contributed by atoms with Crippen LogP contribution in [0, 0.1) is 0 Å². The molecule has 0 aliphatic heterocycles. The zero-order valence-electron chi connectivity index (χ0n) is 7.42. The standard InChI is InChI=1S/C8H14BrN3/c1-3-8-7(9)5-11-12(8)6(2)4-10/h5-6H,3-4,10H2,1-2H3. The van der Waals surface area contributed by atoms with Crippen LogP contribution in [0.5, 0.6) is 0 Å². The first-order chi connectivity index (χ1) is 5.70. The van der Waals surface area contributed by atoms with Gasteiger partial charge in [-0.15, -0.1) is 0 Å². The molecule has 1 rings (SSSR count). The van der Waals surface area contributed by atoms with E-state index in [9.17, 15) is 0 Å². The Labute approximate surface area is 81.1 Å². The minimum atomic E-state index is 0.284. The third-order valence-corrected chi connectivity index (χ3v) is 2.60. The molecule has 1 atom stereocenters. The molecule has 3 nitrogen and oxygen atoms in total. The number of nitrogens with two attached hydrogens (primary N) is 1. The van der Waals surface area contributed by atoms with Crippen LogP contribution in [0.4, 0.5) is 0 Å². The monoisotopic (exact) mass is 231 g/mol. The normalized spacial score (nSPS) is 13.3. The third-order valence-electron chi connectivity index (χ3n) is 1.94. The maximum atomic E-state index is 5.56. The molecule has 0 aromatic carbocycles. The molecular weight excluding hydrogens is 218 g/mol. The smallest absolute Gasteiger partial charge is 0.0635 e. The zero-order chi connectivity index (χ0) is 9.14. The van der Waals surface area contributed by atoms with Crippen LogP contribution in [0.15, 0.2) is 10.7 Å². The average molecular weight is 232 g/mol. The molecule has 0 saturated heterocycles. The SMILES string of the molecule is CCc1c(Br)cnn1C(C)CN. The first kappa shape index (κ1) is 9.74. The minimum Gasteiger partial charge on any atom is -0.328 e. The van der Waals surface area contributed by atoms with Crippen molar-refractivity contribution in [3.63, 3.8) is 0 Å². The molecule has 0 bridgehead atoms. The lowest BCUT2D eigenvalue weighted by atomic mass is 10.3. The summed E-state index contributed by atoms with van der Waals surface area (Å²) in [4.78, 5) is 0. The van der Waals surface area contributed by atoms with E-state index >= 15 is 0 Å². The molecule has 0 radical (unpaired) electrons. The molecule has 0 amide bonds. The van der Waals surface area contributed by atoms with Crippen molar-refractivity contribution in [3.05, 3.63) is 16.4 Å². The fourth-order valence-electron chi connectivity index (χ4n) is 1.18. The molecule has 0 fully saturated rings. The third kappa shape index (κ3) is 1.69. The highest BCUT2D eigenvalue weighted by molar-refractivity contribution is 9.10. The Bertz CT molecular complexity index is 257. The summed E-state index contributed by atoms with van der Waals surface area (Å²) in [6, 6.07) is 0.284. The summed E-state index contributed by atoms with van der Waals surface area (Å²) in [5.41, 5.74) is 6.78. The van der Waals surface area contributed by atoms with Crippen molar-refractivity contribution in [1.29, 1.82) is 0 Å². The molecule has 0 saturated carbocycles. The quantitative estimate of drug-likeness (QED) is 0.862. The second kappa shape index (κ2) is 4.05. The van der Waals surface area contributed by atoms with Crippen molar-refractivity contribution in [2.45, 2.75) is 26.3 Å². The van der Waals surface area contributed by atoms with Gasteiger partial charge >= 0.3 is 0 Å². The predicted molar refractivity (Wildman–Crippen MR) is 53.1 cm³/mol. The van der Waals surface area contributed by atoms with Gasteiger partial charge < -0.3 is 5.73 Å². The molecule has 0 aliphatic carbocycles. The van der Waals surface area contributed by atoms with E-state index in [4.69, 9.17) is 5.73 Å². The zero-order valence-corrected chi connectivity index (χ0v) is 9.00. The fourth-order valence-corrected chi connectivity index (χ4v) is 1.73. The van der Waals surface area contributed by atoms with Gasteiger partial charge in [0.05, 0.1) is 22.4 Å². The van der Waals surface area contributed by atoms with E-state index in [1.54, 1.807) is 0 Å². The Hall–Kier alpha value is -0.350. The van der Waals surface area contributed by atoms with Crippen LogP contribution in [0.3, 0.4) is 0 Å². The lowest BCUT2D eigenvalue weighted by Crippen LogP contribution is -2.18. The molecule has 1 aromatic rings. The highest BCUT2D eigenvalue weighted by atomic mass is 79.9. The van der Waals surface area contributed by atoms with Gasteiger partial charge in [0.1, 0.15) is 0 Å². The molecule has 2 N–H and O–H groups in total. The molecule has 1 heterocycles. The molecule has 4 heteroatoms. The largest absolute Gasteiger partial charge is 0.328 e. The topological polar surface area (TPSA) is 43.8 Å². The van der Waals surface area contributed by atoms with Crippen molar-refractivity contribution >= 4 is 15.9 Å². The van der Waals surface area contributed by atoms with Gasteiger partial charge in [-0.1, -0.05) is 6.92 Å². The number of rotatable bonds is 3. The van der Waals surface area contributed by atoms with E-state index in [0.29, 0.717) is 6.54 Å². The Balaban J connectivity index is 2.98. The number of halogens is 1. The van der Waals surface area contributed by atoms with Gasteiger partial charge in [-0.3, -0.25) is 4.68 Å². The van der Waals surface area contributed by atoms with Gasteiger partial charge in [0.2, 0.25) is 0 Å². The van der Waals surface area contributed by atoms with Gasteiger partial charge in [0.15, 0.2) is 0 Å². The van der Waals surface area contributed by atoms with Gasteiger partial charge in [-0.05, 0) is 29.3 Å². The highest BCUT2D eigenvalue weighted by Crippen LogP contribution is 2.19.